The van der Waals surface area contributed by atoms with Crippen molar-refractivity contribution in [3.8, 4) is 5.75 Å². The first-order chi connectivity index (χ1) is 12.7. The number of unbranched alkanes of at least 4 members (excludes halogenated alkanes) is 13. The maximum atomic E-state index is 11.8. The van der Waals surface area contributed by atoms with Crippen molar-refractivity contribution in [2.75, 3.05) is 0 Å². The Morgan fingerprint density at radius 2 is 1.15 bits per heavy atom. The minimum atomic E-state index is -0.106. The number of carbonyl (C=O) groups excluding carboxylic acids is 1. The quantitative estimate of drug-likeness (QED) is 0.105. The molecule has 0 atom stereocenters. The third kappa shape index (κ3) is 13.6. The maximum Gasteiger partial charge on any atom is 0.311 e. The Morgan fingerprint density at radius 3 is 1.62 bits per heavy atom. The monoisotopic (exact) mass is 472 g/mol. The predicted octanol–water partition coefficient (Wildman–Crippen LogP) is 8.07. The Hall–Kier alpha value is -0.580. The number of halogens is 1. The molecule has 1 aromatic rings. The Balaban J connectivity index is 1.83. The second kappa shape index (κ2) is 16.6. The summed E-state index contributed by atoms with van der Waals surface area (Å²) < 4.78 is 6.49. The number of carbonyl (C=O) groups is 1. The van der Waals surface area contributed by atoms with E-state index in [9.17, 15) is 4.79 Å². The fourth-order valence-electron chi connectivity index (χ4n) is 3.15. The average Bonchev–Trinajstić information content (AvgIpc) is 2.64. The van der Waals surface area contributed by atoms with Crippen molar-refractivity contribution in [1.82, 2.24) is 0 Å². The van der Waals surface area contributed by atoms with E-state index < -0.39 is 0 Å². The molecule has 0 heterocycles. The molecule has 0 amide bonds. The summed E-state index contributed by atoms with van der Waals surface area (Å²) in [4.78, 5) is 11.8. The van der Waals surface area contributed by atoms with Gasteiger partial charge >= 0.3 is 5.97 Å². The van der Waals surface area contributed by atoms with Crippen LogP contribution in [0.25, 0.3) is 0 Å². The van der Waals surface area contributed by atoms with Gasteiger partial charge in [0.05, 0.1) is 0 Å². The first-order valence-corrected chi connectivity index (χ1v) is 11.8. The smallest absolute Gasteiger partial charge is 0.311 e. The molecule has 0 saturated carbocycles. The standard InChI is InChI=1S/C23H37IO2/c1-2-3-4-5-6-7-8-9-10-11-12-13-14-15-16-23(25)26-22-19-17-21(24)18-20-22/h17-20H,2-16H2,1H3. The van der Waals surface area contributed by atoms with E-state index in [0.717, 1.165) is 16.4 Å². The van der Waals surface area contributed by atoms with Gasteiger partial charge in [0.2, 0.25) is 0 Å². The third-order valence-electron chi connectivity index (χ3n) is 4.78. The summed E-state index contributed by atoms with van der Waals surface area (Å²) in [6.07, 6.45) is 19.2. The van der Waals surface area contributed by atoms with Crippen LogP contribution in [0.5, 0.6) is 5.75 Å². The second-order valence-electron chi connectivity index (χ2n) is 7.27. The lowest BCUT2D eigenvalue weighted by Gasteiger charge is -2.05. The highest BCUT2D eigenvalue weighted by Gasteiger charge is 2.04. The normalized spacial score (nSPS) is 10.8. The van der Waals surface area contributed by atoms with Gasteiger partial charge in [-0.25, -0.2) is 0 Å². The second-order valence-corrected chi connectivity index (χ2v) is 8.52. The predicted molar refractivity (Wildman–Crippen MR) is 120 cm³/mol. The van der Waals surface area contributed by atoms with Crippen molar-refractivity contribution in [2.24, 2.45) is 0 Å². The van der Waals surface area contributed by atoms with Crippen LogP contribution in [0.1, 0.15) is 103 Å². The van der Waals surface area contributed by atoms with Gasteiger partial charge in [-0.1, -0.05) is 90.4 Å². The van der Waals surface area contributed by atoms with Crippen molar-refractivity contribution < 1.29 is 9.53 Å². The first kappa shape index (κ1) is 23.5. The summed E-state index contributed by atoms with van der Waals surface area (Å²) in [5, 5.41) is 0. The highest BCUT2D eigenvalue weighted by Crippen LogP contribution is 2.16. The largest absolute Gasteiger partial charge is 0.427 e. The van der Waals surface area contributed by atoms with Gasteiger partial charge in [-0.3, -0.25) is 4.79 Å². The Kier molecular flexibility index (Phi) is 15.0. The van der Waals surface area contributed by atoms with E-state index in [1.165, 1.54) is 77.0 Å². The molecular weight excluding hydrogens is 435 g/mol. The summed E-state index contributed by atoms with van der Waals surface area (Å²) in [6.45, 7) is 2.27. The summed E-state index contributed by atoms with van der Waals surface area (Å²) >= 11 is 2.24. The topological polar surface area (TPSA) is 26.3 Å². The molecule has 0 aliphatic rings. The van der Waals surface area contributed by atoms with E-state index in [2.05, 4.69) is 29.5 Å². The molecule has 0 aliphatic heterocycles. The molecule has 0 spiro atoms. The first-order valence-electron chi connectivity index (χ1n) is 10.7. The van der Waals surface area contributed by atoms with Gasteiger partial charge in [0.1, 0.15) is 5.75 Å². The van der Waals surface area contributed by atoms with Crippen LogP contribution in [0.3, 0.4) is 0 Å². The zero-order valence-electron chi connectivity index (χ0n) is 16.6. The van der Waals surface area contributed by atoms with Gasteiger partial charge in [-0.05, 0) is 53.3 Å². The average molecular weight is 472 g/mol. The molecule has 0 fully saturated rings. The van der Waals surface area contributed by atoms with Gasteiger partial charge in [0, 0.05) is 9.99 Å². The Labute approximate surface area is 174 Å². The molecule has 0 radical (unpaired) electrons. The van der Waals surface area contributed by atoms with Crippen LogP contribution in [0.15, 0.2) is 24.3 Å². The molecule has 0 bridgehead atoms. The fourth-order valence-corrected chi connectivity index (χ4v) is 3.51. The van der Waals surface area contributed by atoms with Crippen LogP contribution < -0.4 is 4.74 Å². The number of hydrogen-bond donors (Lipinski definition) is 0. The van der Waals surface area contributed by atoms with E-state index in [0.29, 0.717) is 12.2 Å². The highest BCUT2D eigenvalue weighted by molar-refractivity contribution is 14.1. The molecule has 2 nitrogen and oxygen atoms in total. The lowest BCUT2D eigenvalue weighted by atomic mass is 10.0. The number of ether oxygens (including phenoxy) is 1. The summed E-state index contributed by atoms with van der Waals surface area (Å²) in [6, 6.07) is 7.61. The molecule has 0 saturated heterocycles. The van der Waals surface area contributed by atoms with Crippen molar-refractivity contribution >= 4 is 28.6 Å². The van der Waals surface area contributed by atoms with E-state index in [1.54, 1.807) is 0 Å². The van der Waals surface area contributed by atoms with Gasteiger partial charge in [-0.2, -0.15) is 0 Å². The lowest BCUT2D eigenvalue weighted by Crippen LogP contribution is -2.07. The van der Waals surface area contributed by atoms with Gasteiger partial charge in [-0.15, -0.1) is 0 Å². The Bertz CT molecular complexity index is 456. The van der Waals surface area contributed by atoms with Gasteiger partial charge in [0.25, 0.3) is 0 Å². The molecule has 0 aromatic heterocycles. The van der Waals surface area contributed by atoms with Crippen LogP contribution in [0, 0.1) is 3.57 Å². The Morgan fingerprint density at radius 1 is 0.731 bits per heavy atom. The van der Waals surface area contributed by atoms with Crippen molar-refractivity contribution in [3.05, 3.63) is 27.8 Å². The number of rotatable bonds is 16. The van der Waals surface area contributed by atoms with E-state index in [1.807, 2.05) is 24.3 Å². The molecule has 0 unspecified atom stereocenters. The molecule has 3 heteroatoms. The van der Waals surface area contributed by atoms with E-state index in [-0.39, 0.29) is 5.97 Å². The van der Waals surface area contributed by atoms with Gasteiger partial charge in [0.15, 0.2) is 0 Å². The van der Waals surface area contributed by atoms with Crippen LogP contribution in [0.2, 0.25) is 0 Å². The SMILES string of the molecule is CCCCCCCCCCCCCCCCC(=O)Oc1ccc(I)cc1. The number of benzene rings is 1. The van der Waals surface area contributed by atoms with Crippen molar-refractivity contribution in [3.63, 3.8) is 0 Å². The maximum absolute atomic E-state index is 11.8. The van der Waals surface area contributed by atoms with Crippen LogP contribution in [-0.4, -0.2) is 5.97 Å². The molecule has 0 aliphatic carbocycles. The number of esters is 1. The summed E-state index contributed by atoms with van der Waals surface area (Å²) in [5.74, 6) is 0.547. The minimum absolute atomic E-state index is 0.106. The summed E-state index contributed by atoms with van der Waals surface area (Å²) in [7, 11) is 0. The van der Waals surface area contributed by atoms with Crippen LogP contribution >= 0.6 is 22.6 Å². The fraction of sp³-hybridized carbons (Fsp3) is 0.696. The van der Waals surface area contributed by atoms with Crippen molar-refractivity contribution in [2.45, 2.75) is 103 Å². The molecular formula is C23H37IO2. The zero-order valence-corrected chi connectivity index (χ0v) is 18.8. The molecule has 0 N–H and O–H groups in total. The van der Waals surface area contributed by atoms with Gasteiger partial charge < -0.3 is 4.74 Å². The van der Waals surface area contributed by atoms with E-state index >= 15 is 0 Å². The lowest BCUT2D eigenvalue weighted by molar-refractivity contribution is -0.134. The molecule has 1 rings (SSSR count). The van der Waals surface area contributed by atoms with Crippen LogP contribution in [-0.2, 0) is 4.79 Å². The number of hydrogen-bond acceptors (Lipinski definition) is 2. The van der Waals surface area contributed by atoms with E-state index in [4.69, 9.17) is 4.74 Å². The molecule has 148 valence electrons. The van der Waals surface area contributed by atoms with Crippen LogP contribution in [0.4, 0.5) is 0 Å². The minimum Gasteiger partial charge on any atom is -0.427 e. The zero-order chi connectivity index (χ0) is 18.9. The molecule has 26 heavy (non-hydrogen) atoms. The van der Waals surface area contributed by atoms with Crippen molar-refractivity contribution in [1.29, 1.82) is 0 Å². The summed E-state index contributed by atoms with van der Waals surface area (Å²) in [5.41, 5.74) is 0. The highest BCUT2D eigenvalue weighted by atomic mass is 127. The molecule has 1 aromatic carbocycles. The third-order valence-corrected chi connectivity index (χ3v) is 5.50.